The largest absolute Gasteiger partial charge is 0.493 e. The third-order valence-corrected chi connectivity index (χ3v) is 14.0. The van der Waals surface area contributed by atoms with Crippen LogP contribution in [-0.2, 0) is 11.3 Å². The van der Waals surface area contributed by atoms with Gasteiger partial charge < -0.3 is 28.4 Å². The summed E-state index contributed by atoms with van der Waals surface area (Å²) < 4.78 is 34.9. The van der Waals surface area contributed by atoms with Crippen molar-refractivity contribution in [1.29, 1.82) is 0 Å². The van der Waals surface area contributed by atoms with Gasteiger partial charge in [-0.2, -0.15) is 4.58 Å². The summed E-state index contributed by atoms with van der Waals surface area (Å²) in [6.07, 6.45) is 3.78. The molecule has 0 radical (unpaired) electrons. The van der Waals surface area contributed by atoms with Gasteiger partial charge in [0.25, 0.3) is 0 Å². The Morgan fingerprint density at radius 1 is 0.477 bits per heavy atom. The highest BCUT2D eigenvalue weighted by molar-refractivity contribution is 9.10. The number of benzene rings is 9. The van der Waals surface area contributed by atoms with Gasteiger partial charge in [-0.1, -0.05) is 143 Å². The lowest BCUT2D eigenvalue weighted by Crippen LogP contribution is -2.33. The van der Waals surface area contributed by atoms with Crippen LogP contribution in [0.3, 0.4) is 0 Å². The normalized spacial score (nSPS) is 11.8. The van der Waals surface area contributed by atoms with Crippen LogP contribution < -0.4 is 28.4 Å². The number of hydrogen-bond acceptors (Lipinski definition) is 11. The van der Waals surface area contributed by atoms with E-state index in [2.05, 4.69) is 22.5 Å². The highest BCUT2D eigenvalue weighted by Gasteiger charge is 2.33. The van der Waals surface area contributed by atoms with Crippen molar-refractivity contribution in [3.63, 3.8) is 0 Å². The smallest absolute Gasteiger partial charge is 0.405 e. The third-order valence-electron chi connectivity index (χ3n) is 12.8. The fraction of sp³-hybridized carbons (Fsp3) is 0.135. The summed E-state index contributed by atoms with van der Waals surface area (Å²) in [4.78, 5) is 57.0. The second kappa shape index (κ2) is 34.3. The number of aryl methyl sites for hydroxylation is 1. The van der Waals surface area contributed by atoms with Crippen molar-refractivity contribution in [2.24, 2.45) is 0 Å². The number of Topliss-reactive ketones (excluding diaryl/α,β-unsaturated/α-hetero) is 4. The van der Waals surface area contributed by atoms with Crippen LogP contribution >= 0.6 is 27.5 Å². The van der Waals surface area contributed by atoms with Crippen molar-refractivity contribution in [2.75, 3.05) is 14.2 Å². The Hall–Kier alpha value is -9.95. The molecule has 9 aromatic rings. The number of allylic oxidation sites excluding steroid dienone is 2. The van der Waals surface area contributed by atoms with Crippen molar-refractivity contribution in [3.8, 4) is 57.5 Å². The number of amides is 1. The maximum Gasteiger partial charge on any atom is 0.405 e. The first-order valence-corrected chi connectivity index (χ1v) is 29.0. The molecule has 12 nitrogen and oxygen atoms in total. The molecule has 1 unspecified atom stereocenters. The fourth-order valence-electron chi connectivity index (χ4n) is 8.19. The zero-order chi connectivity index (χ0) is 63.5. The Labute approximate surface area is 528 Å². The van der Waals surface area contributed by atoms with Crippen LogP contribution in [0.15, 0.2) is 248 Å². The first-order chi connectivity index (χ1) is 42.3. The second-order valence-electron chi connectivity index (χ2n) is 19.6. The maximum absolute atomic E-state index is 12.2. The summed E-state index contributed by atoms with van der Waals surface area (Å²) in [6, 6.07) is 68.7. The van der Waals surface area contributed by atoms with Gasteiger partial charge in [0.2, 0.25) is 0 Å². The Kier molecular flexibility index (Phi) is 26.2. The van der Waals surface area contributed by atoms with Crippen molar-refractivity contribution in [2.45, 2.75) is 52.9 Å². The van der Waals surface area contributed by atoms with Gasteiger partial charge in [-0.15, -0.1) is 0 Å². The van der Waals surface area contributed by atoms with E-state index in [1.165, 1.54) is 21.0 Å². The van der Waals surface area contributed by atoms with Crippen LogP contribution in [0, 0.1) is 6.92 Å². The van der Waals surface area contributed by atoms with Gasteiger partial charge in [0.1, 0.15) is 34.5 Å². The summed E-state index contributed by atoms with van der Waals surface area (Å²) in [5, 5.41) is 0.341. The van der Waals surface area contributed by atoms with E-state index in [0.29, 0.717) is 57.0 Å². The Balaban J connectivity index is 0.000000176. The molecule has 1 amide bonds. The van der Waals surface area contributed by atoms with Crippen LogP contribution in [0.25, 0.3) is 0 Å². The summed E-state index contributed by atoms with van der Waals surface area (Å²) in [6.45, 7) is 14.4. The Morgan fingerprint density at radius 3 is 1.38 bits per heavy atom. The molecule has 1 aliphatic rings. The van der Waals surface area contributed by atoms with Crippen LogP contribution in [0.2, 0.25) is 5.02 Å². The number of halogens is 2. The molecule has 1 heterocycles. The van der Waals surface area contributed by atoms with E-state index >= 15 is 0 Å². The SMILES string of the molecule is C=C(C)C1=CC=[N+](Cc2ccccc2)C(=O)C1Br.CC(=O)c1ccc(Oc2ccccc2)cc1.CC(=O)c1ccc(Oc2ccccc2)cc1C.COc1cc(C(C)=O)cc(Cl)c1Oc1ccccc1.COc1cc(C(C)=O)ccc1Oc1ccccc1. The molecule has 14 heteroatoms. The lowest BCUT2D eigenvalue weighted by atomic mass is 10.0. The van der Waals surface area contributed by atoms with Crippen LogP contribution in [0.5, 0.6) is 57.5 Å². The Morgan fingerprint density at radius 2 is 0.909 bits per heavy atom. The number of methoxy groups -OCH3 is 2. The van der Waals surface area contributed by atoms with Gasteiger partial charge in [-0.25, -0.2) is 4.79 Å². The van der Waals surface area contributed by atoms with Gasteiger partial charge >= 0.3 is 5.91 Å². The van der Waals surface area contributed by atoms with Crippen molar-refractivity contribution < 1.29 is 57.0 Å². The van der Waals surface area contributed by atoms with E-state index in [-0.39, 0.29) is 33.9 Å². The quantitative estimate of drug-likeness (QED) is 0.0488. The molecule has 1 atom stereocenters. The van der Waals surface area contributed by atoms with Crippen molar-refractivity contribution >= 4 is 62.8 Å². The molecule has 0 saturated heterocycles. The number of nitrogens with zero attached hydrogens (tertiary/aromatic N) is 1. The van der Waals surface area contributed by atoms with E-state index in [1.807, 2.05) is 190 Å². The molecule has 0 bridgehead atoms. The molecule has 448 valence electrons. The molecule has 0 aromatic heterocycles. The van der Waals surface area contributed by atoms with Crippen LogP contribution in [-0.4, -0.2) is 58.9 Å². The summed E-state index contributed by atoms with van der Waals surface area (Å²) in [7, 11) is 3.06. The molecular formula is C74H68BrClNO11+. The standard InChI is InChI=1S/C15H15BrNO.C15H13ClO3.C15H14O3.C15H14O2.C14H12O2/c1-11(2)13-8-9-17(15(18)14(13)16)10-12-6-4-3-5-7-12;1-10(17)11-8-13(16)15(14(9-11)18-2)19-12-6-4-3-5-7-12;1-11(16)12-8-9-14(15(10-12)17-2)18-13-6-4-3-5-7-13;1-11-10-14(8-9-15(11)12(2)16)17-13-6-4-3-5-7-13;1-11(15)12-7-9-14(10-8-12)16-13-5-3-2-4-6-13/h3-9,14H,1,10H2,2H3;3-9H,1-2H3;3-10H,1-2H3;3-10H,1-2H3;2-10H,1H3/q+1;;;;. The highest BCUT2D eigenvalue weighted by atomic mass is 79.9. The minimum Gasteiger partial charge on any atom is -0.493 e. The van der Waals surface area contributed by atoms with Gasteiger partial charge in [0, 0.05) is 33.9 Å². The summed E-state index contributed by atoms with van der Waals surface area (Å²) in [5.41, 5.74) is 6.45. The van der Waals surface area contributed by atoms with E-state index in [9.17, 15) is 24.0 Å². The molecule has 9 aromatic carbocycles. The van der Waals surface area contributed by atoms with E-state index < -0.39 is 0 Å². The maximum atomic E-state index is 12.2. The minimum absolute atomic E-state index is 0.000406. The number of carbonyl (C=O) groups is 5. The first kappa shape index (κ1) is 67.2. The minimum atomic E-state index is -0.288. The average Bonchev–Trinajstić information content (AvgIpc) is 3.45. The first-order valence-electron chi connectivity index (χ1n) is 27.7. The van der Waals surface area contributed by atoms with Crippen LogP contribution in [0.1, 0.15) is 87.2 Å². The number of ether oxygens (including phenoxy) is 6. The van der Waals surface area contributed by atoms with Crippen molar-refractivity contribution in [1.82, 2.24) is 0 Å². The van der Waals surface area contributed by atoms with Crippen molar-refractivity contribution in [3.05, 3.63) is 287 Å². The molecule has 0 spiro atoms. The van der Waals surface area contributed by atoms with E-state index in [4.69, 9.17) is 40.0 Å². The number of ketones is 4. The molecule has 0 aliphatic carbocycles. The number of carbonyl (C=O) groups excluding carboxylic acids is 5. The fourth-order valence-corrected chi connectivity index (χ4v) is 9.25. The lowest BCUT2D eigenvalue weighted by Gasteiger charge is -2.14. The summed E-state index contributed by atoms with van der Waals surface area (Å²) >= 11 is 9.58. The van der Waals surface area contributed by atoms with Gasteiger partial charge in [-0.3, -0.25) is 19.2 Å². The molecular weight excluding hydrogens is 1190 g/mol. The van der Waals surface area contributed by atoms with E-state index in [0.717, 1.165) is 56.6 Å². The predicted molar refractivity (Wildman–Crippen MR) is 352 cm³/mol. The Bertz CT molecular complexity index is 3880. The second-order valence-corrected chi connectivity index (χ2v) is 20.9. The van der Waals surface area contributed by atoms with Gasteiger partial charge in [-0.05, 0) is 174 Å². The lowest BCUT2D eigenvalue weighted by molar-refractivity contribution is -0.459. The molecule has 10 rings (SSSR count). The van der Waals surface area contributed by atoms with Gasteiger partial charge in [0.05, 0.1) is 19.2 Å². The predicted octanol–water partition coefficient (Wildman–Crippen LogP) is 18.8. The number of para-hydroxylation sites is 4. The van der Waals surface area contributed by atoms with E-state index in [1.54, 1.807) is 86.2 Å². The zero-order valence-electron chi connectivity index (χ0n) is 50.2. The third kappa shape index (κ3) is 20.9. The zero-order valence-corrected chi connectivity index (χ0v) is 52.5. The number of rotatable bonds is 17. The molecule has 0 fully saturated rings. The summed E-state index contributed by atoms with van der Waals surface area (Å²) in [5.74, 6) is 6.53. The van der Waals surface area contributed by atoms with Gasteiger partial charge in [0.15, 0.2) is 63.7 Å². The molecule has 88 heavy (non-hydrogen) atoms. The number of alkyl halides is 1. The highest BCUT2D eigenvalue weighted by Crippen LogP contribution is 2.40. The molecule has 1 aliphatic heterocycles. The molecule has 0 N–H and O–H groups in total. The number of hydrogen-bond donors (Lipinski definition) is 0. The average molecular weight is 1260 g/mol. The topological polar surface area (TPSA) is 144 Å². The molecule has 0 saturated carbocycles. The monoisotopic (exact) mass is 1260 g/mol. The van der Waals surface area contributed by atoms with Crippen LogP contribution in [0.4, 0.5) is 0 Å².